The molecule has 0 aliphatic carbocycles. The van der Waals surface area contributed by atoms with Crippen molar-refractivity contribution in [1.82, 2.24) is 19.5 Å². The molecule has 14 heteroatoms. The van der Waals surface area contributed by atoms with E-state index < -0.39 is 34.9 Å². The Morgan fingerprint density at radius 3 is 2.54 bits per heavy atom. The topological polar surface area (TPSA) is 109 Å². The Hall–Kier alpha value is -2.70. The highest BCUT2D eigenvalue weighted by Gasteiger charge is 2.27. The van der Waals surface area contributed by atoms with Crippen LogP contribution >= 0.6 is 23.2 Å². The van der Waals surface area contributed by atoms with Gasteiger partial charge in [0.25, 0.3) is 12.3 Å². The number of benzene rings is 1. The third kappa shape index (κ3) is 6.11. The van der Waals surface area contributed by atoms with E-state index in [9.17, 15) is 22.0 Å². The lowest BCUT2D eigenvalue weighted by Crippen LogP contribution is -2.32. The van der Waals surface area contributed by atoms with Crippen LogP contribution in [0.5, 0.6) is 0 Å². The number of sulfonamides is 1. The Balaban J connectivity index is 2.03. The number of nitrogens with zero attached hydrogens (tertiary/aromatic N) is 4. The molecule has 0 aliphatic rings. The minimum absolute atomic E-state index is 0.0592. The second-order valence-corrected chi connectivity index (χ2v) is 10.4. The van der Waals surface area contributed by atoms with Gasteiger partial charge in [-0.1, -0.05) is 30.1 Å². The van der Waals surface area contributed by atoms with Gasteiger partial charge >= 0.3 is 0 Å². The summed E-state index contributed by atoms with van der Waals surface area (Å²) in [6.07, 6.45) is -1.18. The van der Waals surface area contributed by atoms with Crippen molar-refractivity contribution in [2.24, 2.45) is 0 Å². The van der Waals surface area contributed by atoms with E-state index in [1.54, 1.807) is 20.0 Å². The number of fused-ring (bicyclic) bond motifs is 1. The normalized spacial score (nSPS) is 12.7. The third-order valence-electron chi connectivity index (χ3n) is 5.25. The van der Waals surface area contributed by atoms with Crippen LogP contribution in [0.1, 0.15) is 41.0 Å². The molecule has 3 rings (SSSR count). The largest absolute Gasteiger partial charge is 0.364 e. The number of hydrogen-bond donors (Lipinski definition) is 2. The Morgan fingerprint density at radius 2 is 1.94 bits per heavy atom. The van der Waals surface area contributed by atoms with Gasteiger partial charge in [0.05, 0.1) is 35.8 Å². The molecule has 2 heterocycles. The summed E-state index contributed by atoms with van der Waals surface area (Å²) < 4.78 is 52.9. The van der Waals surface area contributed by atoms with E-state index in [1.165, 1.54) is 27.6 Å². The number of halogens is 4. The van der Waals surface area contributed by atoms with Crippen LogP contribution in [0.3, 0.4) is 0 Å². The molecule has 3 aromatic rings. The van der Waals surface area contributed by atoms with Gasteiger partial charge in [0.2, 0.25) is 10.0 Å². The lowest BCUT2D eigenvalue weighted by molar-refractivity contribution is 0.0723. The number of carbonyl (C=O) groups is 1. The molecular weight excluding hydrogens is 525 g/mol. The first-order chi connectivity index (χ1) is 16.3. The fourth-order valence-corrected chi connectivity index (χ4v) is 4.54. The van der Waals surface area contributed by atoms with Crippen molar-refractivity contribution in [1.29, 1.82) is 0 Å². The second kappa shape index (κ2) is 10.5. The van der Waals surface area contributed by atoms with Gasteiger partial charge in [-0.05, 0) is 31.5 Å². The van der Waals surface area contributed by atoms with Gasteiger partial charge < -0.3 is 10.2 Å². The van der Waals surface area contributed by atoms with Gasteiger partial charge in [0.15, 0.2) is 5.65 Å². The molecule has 0 radical (unpaired) electrons. The predicted molar refractivity (Wildman–Crippen MR) is 132 cm³/mol. The van der Waals surface area contributed by atoms with E-state index in [1.807, 2.05) is 6.92 Å². The van der Waals surface area contributed by atoms with E-state index in [0.717, 1.165) is 6.26 Å². The average Bonchev–Trinajstić information content (AvgIpc) is 3.17. The predicted octanol–water partition coefficient (Wildman–Crippen LogP) is 4.62. The summed E-state index contributed by atoms with van der Waals surface area (Å²) in [4.78, 5) is 19.1. The van der Waals surface area contributed by atoms with Crippen LogP contribution in [0.15, 0.2) is 24.3 Å². The van der Waals surface area contributed by atoms with Crippen molar-refractivity contribution >= 4 is 56.3 Å². The summed E-state index contributed by atoms with van der Waals surface area (Å²) in [7, 11) is -2.10. The highest BCUT2D eigenvalue weighted by molar-refractivity contribution is 7.92. The van der Waals surface area contributed by atoms with E-state index in [4.69, 9.17) is 23.2 Å². The number of hydrogen-bond acceptors (Lipinski definition) is 6. The van der Waals surface area contributed by atoms with E-state index >= 15 is 0 Å². The first-order valence-corrected chi connectivity index (χ1v) is 13.1. The highest BCUT2D eigenvalue weighted by atomic mass is 35.5. The van der Waals surface area contributed by atoms with Gasteiger partial charge in [0.1, 0.15) is 11.0 Å². The van der Waals surface area contributed by atoms with Crippen molar-refractivity contribution < 1.29 is 22.0 Å². The highest BCUT2D eigenvalue weighted by Crippen LogP contribution is 2.30. The molecule has 0 unspecified atom stereocenters. The molecule has 0 bridgehead atoms. The van der Waals surface area contributed by atoms with Crippen LogP contribution in [0.4, 0.5) is 20.3 Å². The van der Waals surface area contributed by atoms with Crippen molar-refractivity contribution in [3.63, 3.8) is 0 Å². The summed E-state index contributed by atoms with van der Waals surface area (Å²) in [6, 6.07) is 5.31. The van der Waals surface area contributed by atoms with Gasteiger partial charge in [-0.15, -0.1) is 0 Å². The molecule has 0 aliphatic heterocycles. The number of aromatic nitrogens is 3. The first-order valence-electron chi connectivity index (χ1n) is 10.4. The van der Waals surface area contributed by atoms with Crippen LogP contribution in [0.2, 0.25) is 10.2 Å². The fourth-order valence-electron chi connectivity index (χ4n) is 3.61. The van der Waals surface area contributed by atoms with Gasteiger partial charge in [-0.25, -0.2) is 22.2 Å². The molecule has 1 atom stereocenters. The summed E-state index contributed by atoms with van der Waals surface area (Å²) in [5.41, 5.74) is 1.35. The summed E-state index contributed by atoms with van der Waals surface area (Å²) >= 11 is 12.3. The van der Waals surface area contributed by atoms with Gasteiger partial charge in [0, 0.05) is 23.7 Å². The number of carbonyl (C=O) groups excluding carboxylic acids is 1. The van der Waals surface area contributed by atoms with E-state index in [0.29, 0.717) is 23.3 Å². The number of nitrogens with one attached hydrogen (secondary N) is 2. The van der Waals surface area contributed by atoms with Crippen molar-refractivity contribution in [2.75, 3.05) is 29.9 Å². The van der Waals surface area contributed by atoms with Crippen LogP contribution < -0.4 is 10.0 Å². The van der Waals surface area contributed by atoms with Crippen molar-refractivity contribution in [3.8, 4) is 0 Å². The second-order valence-electron chi connectivity index (χ2n) is 7.89. The molecule has 0 saturated carbocycles. The molecule has 1 aromatic carbocycles. The Labute approximate surface area is 211 Å². The number of anilines is 2. The molecule has 35 heavy (non-hydrogen) atoms. The van der Waals surface area contributed by atoms with E-state index in [2.05, 4.69) is 20.1 Å². The van der Waals surface area contributed by atoms with Gasteiger partial charge in [-0.2, -0.15) is 9.61 Å². The van der Waals surface area contributed by atoms with Crippen LogP contribution in [-0.2, 0) is 10.0 Å². The maximum Gasteiger partial charge on any atom is 0.256 e. The van der Waals surface area contributed by atoms with Crippen molar-refractivity contribution in [3.05, 3.63) is 51.3 Å². The molecular formula is C21H24Cl2F2N6O3S. The fraction of sp³-hybridized carbons (Fsp3) is 0.381. The van der Waals surface area contributed by atoms with Crippen molar-refractivity contribution in [2.45, 2.75) is 32.7 Å². The molecule has 0 fully saturated rings. The maximum atomic E-state index is 13.4. The number of amides is 1. The van der Waals surface area contributed by atoms with Gasteiger partial charge in [-0.3, -0.25) is 9.52 Å². The Morgan fingerprint density at radius 1 is 1.26 bits per heavy atom. The lowest BCUT2D eigenvalue weighted by atomic mass is 10.1. The number of alkyl halides is 2. The molecule has 0 saturated heterocycles. The smallest absolute Gasteiger partial charge is 0.256 e. The summed E-state index contributed by atoms with van der Waals surface area (Å²) in [5.74, 6) is -0.231. The zero-order valence-corrected chi connectivity index (χ0v) is 21.6. The molecule has 2 aromatic heterocycles. The average molecular weight is 549 g/mol. The minimum atomic E-state index is -3.65. The quantitative estimate of drug-likeness (QED) is 0.378. The van der Waals surface area contributed by atoms with E-state index in [-0.39, 0.29) is 27.2 Å². The minimum Gasteiger partial charge on any atom is -0.364 e. The zero-order chi connectivity index (χ0) is 26.1. The standard InChI is InChI=1S/C21H24Cl2F2N6O3S/c1-5-16(30(3)21(32)13-8-12(22)6-7-14(13)29-35(4,33)34)15-9-18-27-19(23)11(2)20(31(18)28-15)26-10-17(24)25/h6-9,16-17,26,29H,5,10H2,1-4H3/t16-/m0/s1. The third-order valence-corrected chi connectivity index (χ3v) is 6.44. The van der Waals surface area contributed by atoms with Crippen LogP contribution in [0.25, 0.3) is 5.65 Å². The Bertz CT molecular complexity index is 1370. The maximum absolute atomic E-state index is 13.4. The monoisotopic (exact) mass is 548 g/mol. The molecule has 9 nitrogen and oxygen atoms in total. The Kier molecular flexibility index (Phi) is 8.07. The lowest BCUT2D eigenvalue weighted by Gasteiger charge is -2.27. The zero-order valence-electron chi connectivity index (χ0n) is 19.3. The molecule has 1 amide bonds. The molecule has 0 spiro atoms. The number of rotatable bonds is 9. The van der Waals surface area contributed by atoms with Crippen LogP contribution in [-0.4, -0.2) is 60.1 Å². The molecule has 2 N–H and O–H groups in total. The SMILES string of the molecule is CC[C@@H](c1cc2nc(Cl)c(C)c(NCC(F)F)n2n1)N(C)C(=O)c1cc(Cl)ccc1NS(C)(=O)=O. The molecule has 190 valence electrons. The summed E-state index contributed by atoms with van der Waals surface area (Å²) in [6.45, 7) is 2.87. The summed E-state index contributed by atoms with van der Waals surface area (Å²) in [5, 5.41) is 7.55. The first kappa shape index (κ1) is 26.9. The van der Waals surface area contributed by atoms with Crippen LogP contribution in [0, 0.1) is 6.92 Å².